The SMILES string of the molecule is CC(C)(C)/[N+]([O-])=C/c1ccc(C(F)(F)F)cc1Cl.CC(C)(C)/[N+]([O-])=C/c1ccc(C(F)(F)F)cc1F.CC(C)(C)/[N+]([O-])=C/c1ccc(F)cc1C(F)(F)F.[C-]#[N+]c1ccc(/C=[N+](\[O-])C(C)(C)C)cc1. The van der Waals surface area contributed by atoms with E-state index in [0.29, 0.717) is 32.0 Å². The molecule has 4 aromatic rings. The van der Waals surface area contributed by atoms with Gasteiger partial charge in [-0.25, -0.2) is 32.6 Å². The molecule has 0 fully saturated rings. The normalized spacial score (nSPS) is 13.5. The maximum Gasteiger partial charge on any atom is 0.417 e. The van der Waals surface area contributed by atoms with Crippen molar-refractivity contribution in [2.45, 2.75) is 124 Å². The molecule has 0 atom stereocenters. The lowest BCUT2D eigenvalue weighted by atomic mass is 10.1. The first-order valence-corrected chi connectivity index (χ1v) is 20.7. The summed E-state index contributed by atoms with van der Waals surface area (Å²) in [4.78, 5) is 3.28. The van der Waals surface area contributed by atoms with Gasteiger partial charge in [-0.1, -0.05) is 35.9 Å². The molecule has 0 heterocycles. The molecule has 9 nitrogen and oxygen atoms in total. The number of halogens is 12. The summed E-state index contributed by atoms with van der Waals surface area (Å²) in [6.07, 6.45) is -9.26. The zero-order chi connectivity index (χ0) is 53.9. The van der Waals surface area contributed by atoms with Crippen LogP contribution in [0.3, 0.4) is 0 Å². The maximum absolute atomic E-state index is 13.4. The molecule has 0 aliphatic heterocycles. The number of rotatable bonds is 4. The lowest BCUT2D eigenvalue weighted by Gasteiger charge is -2.19. The van der Waals surface area contributed by atoms with Crippen molar-refractivity contribution < 1.29 is 67.2 Å². The highest BCUT2D eigenvalue weighted by molar-refractivity contribution is 6.33. The first-order chi connectivity index (χ1) is 31.0. The molecule has 0 aliphatic carbocycles. The minimum Gasteiger partial charge on any atom is -0.623 e. The summed E-state index contributed by atoms with van der Waals surface area (Å²) in [5.41, 5.74) is -4.70. The van der Waals surface area contributed by atoms with Gasteiger partial charge in [-0.3, -0.25) is 0 Å². The molecule has 4 aromatic carbocycles. The largest absolute Gasteiger partial charge is 0.623 e. The molecule has 0 radical (unpaired) electrons. The molecule has 69 heavy (non-hydrogen) atoms. The van der Waals surface area contributed by atoms with Crippen LogP contribution in [-0.2, 0) is 18.5 Å². The molecule has 21 heteroatoms. The van der Waals surface area contributed by atoms with Crippen LogP contribution in [0.25, 0.3) is 4.85 Å². The zero-order valence-electron chi connectivity index (χ0n) is 39.7. The third-order valence-corrected chi connectivity index (χ3v) is 9.01. The van der Waals surface area contributed by atoms with Crippen molar-refractivity contribution in [2.24, 2.45) is 0 Å². The van der Waals surface area contributed by atoms with Gasteiger partial charge in [0.2, 0.25) is 0 Å². The summed E-state index contributed by atoms with van der Waals surface area (Å²) in [5, 5.41) is 46.3. The van der Waals surface area contributed by atoms with E-state index < -0.39 is 69.0 Å². The Hall–Kier alpha value is -6.23. The Labute approximate surface area is 399 Å². The molecular formula is C48H53ClF11N5O4. The maximum atomic E-state index is 13.4. The molecule has 0 bridgehead atoms. The number of hydrogen-bond acceptors (Lipinski definition) is 4. The van der Waals surface area contributed by atoms with Crippen molar-refractivity contribution in [2.75, 3.05) is 0 Å². The van der Waals surface area contributed by atoms with Crippen molar-refractivity contribution in [1.29, 1.82) is 0 Å². The summed E-state index contributed by atoms with van der Waals surface area (Å²) in [7, 11) is 0. The topological polar surface area (TPSA) is 109 Å². The predicted molar refractivity (Wildman–Crippen MR) is 246 cm³/mol. The van der Waals surface area contributed by atoms with E-state index in [1.807, 2.05) is 20.8 Å². The summed E-state index contributed by atoms with van der Waals surface area (Å²) in [6, 6.07) is 14.1. The lowest BCUT2D eigenvalue weighted by molar-refractivity contribution is -0.531. The van der Waals surface area contributed by atoms with E-state index in [0.717, 1.165) is 59.1 Å². The summed E-state index contributed by atoms with van der Waals surface area (Å²) in [6.45, 7) is 26.9. The molecule has 0 saturated carbocycles. The number of hydrogen-bond donors (Lipinski definition) is 0. The lowest BCUT2D eigenvalue weighted by Crippen LogP contribution is -2.29. The fourth-order valence-corrected chi connectivity index (χ4v) is 4.66. The van der Waals surface area contributed by atoms with Gasteiger partial charge < -0.3 is 20.8 Å². The predicted octanol–water partition coefficient (Wildman–Crippen LogP) is 14.2. The van der Waals surface area contributed by atoms with Crippen molar-refractivity contribution in [1.82, 2.24) is 0 Å². The van der Waals surface area contributed by atoms with Crippen LogP contribution < -0.4 is 0 Å². The zero-order valence-corrected chi connectivity index (χ0v) is 40.5. The second-order valence-electron chi connectivity index (χ2n) is 18.9. The number of alkyl halides is 9. The van der Waals surface area contributed by atoms with Crippen molar-refractivity contribution >= 4 is 42.1 Å². The third-order valence-electron chi connectivity index (χ3n) is 8.68. The second kappa shape index (κ2) is 23.4. The van der Waals surface area contributed by atoms with Crippen LogP contribution in [0.4, 0.5) is 54.0 Å². The number of hydroxylamine groups is 4. The first-order valence-electron chi connectivity index (χ1n) is 20.3. The fourth-order valence-electron chi connectivity index (χ4n) is 4.43. The van der Waals surface area contributed by atoms with E-state index in [-0.39, 0.29) is 21.7 Å². The fraction of sp³-hybridized carbons (Fsp3) is 0.396. The molecule has 0 aliphatic rings. The Kier molecular flexibility index (Phi) is 20.6. The third kappa shape index (κ3) is 20.9. The van der Waals surface area contributed by atoms with E-state index in [1.165, 1.54) is 18.5 Å². The minimum atomic E-state index is -4.70. The van der Waals surface area contributed by atoms with Crippen LogP contribution in [0.1, 0.15) is 122 Å². The van der Waals surface area contributed by atoms with Crippen LogP contribution in [-0.4, -0.2) is 66.0 Å². The van der Waals surface area contributed by atoms with E-state index >= 15 is 0 Å². The van der Waals surface area contributed by atoms with Gasteiger partial charge in [0.25, 0.3) is 0 Å². The van der Waals surface area contributed by atoms with Gasteiger partial charge in [-0.05, 0) is 54.6 Å². The monoisotopic (exact) mass is 1010 g/mol. The van der Waals surface area contributed by atoms with Crippen LogP contribution in [0, 0.1) is 39.0 Å². The van der Waals surface area contributed by atoms with Gasteiger partial charge in [0, 0.05) is 88.6 Å². The number of benzene rings is 4. The Balaban J connectivity index is 0.000000461. The molecule has 0 amide bonds. The molecule has 0 aromatic heterocycles. The van der Waals surface area contributed by atoms with E-state index in [4.69, 9.17) is 18.2 Å². The van der Waals surface area contributed by atoms with Crippen molar-refractivity contribution in [3.05, 3.63) is 167 Å². The summed E-state index contributed by atoms with van der Waals surface area (Å²) >= 11 is 5.73. The Morgan fingerprint density at radius 1 is 0.464 bits per heavy atom. The standard InChI is InChI=1S/C12H13ClF3NO.2C12H13F4NO.C12H14N2O/c1-11(2,3)17(18)7-8-4-5-9(6-10(8)13)12(14,15)16;1-11(2,3)17(18)7-8-4-5-9(13)6-10(8)12(14,15)16;1-11(2,3)17(18)7-8-4-5-9(6-10(8)13)12(14,15)16;1-12(2,3)14(15)9-10-5-7-11(13-4)8-6-10/h3*4-7H,1-3H3;5-9H,1-3H3/b3*17-7-;14-9-. The highest BCUT2D eigenvalue weighted by Crippen LogP contribution is 2.34. The van der Waals surface area contributed by atoms with Crippen LogP contribution in [0.15, 0.2) is 78.9 Å². The average molecular weight is 1010 g/mol. The van der Waals surface area contributed by atoms with Gasteiger partial charge in [0.1, 0.15) is 11.6 Å². The summed E-state index contributed by atoms with van der Waals surface area (Å²) in [5.74, 6) is -2.07. The molecule has 0 unspecified atom stereocenters. The van der Waals surface area contributed by atoms with Crippen LogP contribution in [0.2, 0.25) is 5.02 Å². The van der Waals surface area contributed by atoms with Gasteiger partial charge >= 0.3 is 18.5 Å². The van der Waals surface area contributed by atoms with Gasteiger partial charge in [-0.15, -0.1) is 0 Å². The molecular weight excluding hydrogens is 955 g/mol. The first kappa shape index (κ1) is 60.8. The molecule has 0 spiro atoms. The van der Waals surface area contributed by atoms with Crippen LogP contribution in [0.5, 0.6) is 0 Å². The quantitative estimate of drug-likeness (QED) is 0.0506. The van der Waals surface area contributed by atoms with Crippen LogP contribution >= 0.6 is 11.6 Å². The average Bonchev–Trinajstić information content (AvgIpc) is 3.18. The molecule has 0 saturated heterocycles. The van der Waals surface area contributed by atoms with E-state index in [1.54, 1.807) is 86.6 Å². The highest BCUT2D eigenvalue weighted by Gasteiger charge is 2.35. The van der Waals surface area contributed by atoms with E-state index in [2.05, 4.69) is 4.85 Å². The van der Waals surface area contributed by atoms with Gasteiger partial charge in [0.15, 0.2) is 52.7 Å². The Bertz CT molecular complexity index is 2440. The van der Waals surface area contributed by atoms with Gasteiger partial charge in [0.05, 0.1) is 45.0 Å². The Morgan fingerprint density at radius 2 is 0.826 bits per heavy atom. The summed E-state index contributed by atoms with van der Waals surface area (Å²) < 4.78 is 141. The second-order valence-corrected chi connectivity index (χ2v) is 19.3. The minimum absolute atomic E-state index is 0.102. The van der Waals surface area contributed by atoms with E-state index in [9.17, 15) is 69.1 Å². The highest BCUT2D eigenvalue weighted by atomic mass is 35.5. The Morgan fingerprint density at radius 3 is 1.19 bits per heavy atom. The van der Waals surface area contributed by atoms with Crippen molar-refractivity contribution in [3.63, 3.8) is 0 Å². The smallest absolute Gasteiger partial charge is 0.417 e. The molecule has 4 rings (SSSR count). The molecule has 0 N–H and O–H groups in total. The van der Waals surface area contributed by atoms with Gasteiger partial charge in [-0.2, -0.15) is 39.5 Å². The number of nitrogens with zero attached hydrogens (tertiary/aromatic N) is 5. The van der Waals surface area contributed by atoms with Crippen molar-refractivity contribution in [3.8, 4) is 0 Å². The molecule has 378 valence electrons.